The molecule has 1 atom stereocenters. The van der Waals surface area contributed by atoms with E-state index < -0.39 is 4.92 Å². The lowest BCUT2D eigenvalue weighted by atomic mass is 10.1. The predicted octanol–water partition coefficient (Wildman–Crippen LogP) is 2.74. The van der Waals surface area contributed by atoms with Crippen molar-refractivity contribution >= 4 is 28.9 Å². The third-order valence-electron chi connectivity index (χ3n) is 3.26. The van der Waals surface area contributed by atoms with Crippen molar-refractivity contribution in [2.45, 2.75) is 19.9 Å². The van der Waals surface area contributed by atoms with Gasteiger partial charge in [0.2, 0.25) is 0 Å². The molecule has 0 spiro atoms. The van der Waals surface area contributed by atoms with E-state index in [1.165, 1.54) is 13.0 Å². The molecule has 2 rings (SSSR count). The highest BCUT2D eigenvalue weighted by atomic mass is 32.2. The molecule has 1 heterocycles. The second kappa shape index (κ2) is 5.61. The van der Waals surface area contributed by atoms with E-state index in [1.807, 2.05) is 11.8 Å². The van der Waals surface area contributed by atoms with Crippen LogP contribution in [0.5, 0.6) is 0 Å². The largest absolute Gasteiger partial charge is 0.367 e. The minimum Gasteiger partial charge on any atom is -0.367 e. The second-order valence-electron chi connectivity index (χ2n) is 4.63. The monoisotopic (exact) mass is 280 g/mol. The lowest BCUT2D eigenvalue weighted by Gasteiger charge is -2.35. The average molecular weight is 280 g/mol. The van der Waals surface area contributed by atoms with E-state index in [2.05, 4.69) is 11.8 Å². The molecule has 0 bridgehead atoms. The van der Waals surface area contributed by atoms with Crippen LogP contribution in [0, 0.1) is 10.1 Å². The molecule has 0 radical (unpaired) electrons. The van der Waals surface area contributed by atoms with E-state index in [0.717, 1.165) is 23.7 Å². The number of nitro benzene ring substituents is 1. The SMILES string of the molecule is CC(=O)c1ccc(N2CCSCC2C)cc1[N+](=O)[O-]. The van der Waals surface area contributed by atoms with Crippen LogP contribution < -0.4 is 4.90 Å². The number of rotatable bonds is 3. The summed E-state index contributed by atoms with van der Waals surface area (Å²) in [4.78, 5) is 24.2. The van der Waals surface area contributed by atoms with Gasteiger partial charge < -0.3 is 4.90 Å². The van der Waals surface area contributed by atoms with Crippen LogP contribution in [0.15, 0.2) is 18.2 Å². The van der Waals surface area contributed by atoms with Crippen molar-refractivity contribution in [3.8, 4) is 0 Å². The standard InChI is InChI=1S/C13H16N2O3S/c1-9-8-19-6-5-14(9)11-3-4-12(10(2)16)13(7-11)15(17)18/h3-4,7,9H,5-6,8H2,1-2H3. The number of nitrogens with zero attached hydrogens (tertiary/aromatic N) is 2. The van der Waals surface area contributed by atoms with Crippen LogP contribution in [0.1, 0.15) is 24.2 Å². The summed E-state index contributed by atoms with van der Waals surface area (Å²) in [5.41, 5.74) is 0.896. The number of thioether (sulfide) groups is 1. The van der Waals surface area contributed by atoms with Crippen LogP contribution in [0.2, 0.25) is 0 Å². The van der Waals surface area contributed by atoms with Crippen LogP contribution in [-0.4, -0.2) is 34.8 Å². The Morgan fingerprint density at radius 3 is 2.84 bits per heavy atom. The van der Waals surface area contributed by atoms with E-state index in [0.29, 0.717) is 6.04 Å². The van der Waals surface area contributed by atoms with Gasteiger partial charge in [-0.25, -0.2) is 0 Å². The number of benzene rings is 1. The first-order chi connectivity index (χ1) is 9.00. The maximum atomic E-state index is 11.4. The van der Waals surface area contributed by atoms with Gasteiger partial charge in [0.1, 0.15) is 0 Å². The second-order valence-corrected chi connectivity index (χ2v) is 5.78. The van der Waals surface area contributed by atoms with Gasteiger partial charge >= 0.3 is 0 Å². The van der Waals surface area contributed by atoms with E-state index in [4.69, 9.17) is 0 Å². The molecule has 0 saturated carbocycles. The maximum absolute atomic E-state index is 11.4. The molecule has 1 fully saturated rings. The number of carbonyl (C=O) groups is 1. The summed E-state index contributed by atoms with van der Waals surface area (Å²) in [6.45, 7) is 4.33. The van der Waals surface area contributed by atoms with Crippen molar-refractivity contribution in [3.05, 3.63) is 33.9 Å². The number of anilines is 1. The van der Waals surface area contributed by atoms with Gasteiger partial charge in [0.25, 0.3) is 5.69 Å². The van der Waals surface area contributed by atoms with E-state index in [1.54, 1.807) is 12.1 Å². The smallest absolute Gasteiger partial charge is 0.282 e. The average Bonchev–Trinajstić information content (AvgIpc) is 2.38. The van der Waals surface area contributed by atoms with Gasteiger partial charge in [0.05, 0.1) is 10.5 Å². The topological polar surface area (TPSA) is 63.5 Å². The fourth-order valence-electron chi connectivity index (χ4n) is 2.26. The molecular weight excluding hydrogens is 264 g/mol. The zero-order chi connectivity index (χ0) is 14.0. The third kappa shape index (κ3) is 2.89. The molecule has 1 aliphatic rings. The molecule has 19 heavy (non-hydrogen) atoms. The Morgan fingerprint density at radius 2 is 2.26 bits per heavy atom. The molecule has 1 aromatic carbocycles. The minimum atomic E-state index is -0.483. The van der Waals surface area contributed by atoms with Crippen molar-refractivity contribution < 1.29 is 9.72 Å². The van der Waals surface area contributed by atoms with E-state index in [-0.39, 0.29) is 17.0 Å². The van der Waals surface area contributed by atoms with Gasteiger partial charge in [0, 0.05) is 35.8 Å². The fraction of sp³-hybridized carbons (Fsp3) is 0.462. The summed E-state index contributed by atoms with van der Waals surface area (Å²) >= 11 is 1.89. The first-order valence-electron chi connectivity index (χ1n) is 6.14. The van der Waals surface area contributed by atoms with Crippen molar-refractivity contribution in [2.24, 2.45) is 0 Å². The normalized spacial score (nSPS) is 19.3. The van der Waals surface area contributed by atoms with Gasteiger partial charge in [0.15, 0.2) is 5.78 Å². The summed E-state index contributed by atoms with van der Waals surface area (Å²) in [6, 6.07) is 5.23. The van der Waals surface area contributed by atoms with Gasteiger partial charge in [-0.1, -0.05) is 0 Å². The highest BCUT2D eigenvalue weighted by molar-refractivity contribution is 7.99. The molecule has 1 unspecified atom stereocenters. The number of hydrogen-bond donors (Lipinski definition) is 0. The van der Waals surface area contributed by atoms with Crippen LogP contribution in [0.3, 0.4) is 0 Å². The van der Waals surface area contributed by atoms with Crippen molar-refractivity contribution in [1.82, 2.24) is 0 Å². The van der Waals surface area contributed by atoms with Crippen molar-refractivity contribution in [2.75, 3.05) is 23.0 Å². The molecule has 0 aliphatic carbocycles. The summed E-state index contributed by atoms with van der Waals surface area (Å²) in [6.07, 6.45) is 0. The highest BCUT2D eigenvalue weighted by Crippen LogP contribution is 2.29. The molecule has 6 heteroatoms. The van der Waals surface area contributed by atoms with Gasteiger partial charge in [-0.3, -0.25) is 14.9 Å². The Morgan fingerprint density at radius 1 is 1.53 bits per heavy atom. The molecule has 0 N–H and O–H groups in total. The summed E-state index contributed by atoms with van der Waals surface area (Å²) in [5.74, 6) is 1.76. The van der Waals surface area contributed by atoms with Gasteiger partial charge in [-0.05, 0) is 26.0 Å². The summed E-state index contributed by atoms with van der Waals surface area (Å²) in [7, 11) is 0. The molecule has 0 aromatic heterocycles. The minimum absolute atomic E-state index is 0.101. The number of Topliss-reactive ketones (excluding diaryl/α,β-unsaturated/α-hetero) is 1. The van der Waals surface area contributed by atoms with Crippen LogP contribution in [0.25, 0.3) is 0 Å². The first kappa shape index (κ1) is 13.9. The van der Waals surface area contributed by atoms with Crippen LogP contribution in [-0.2, 0) is 0 Å². The van der Waals surface area contributed by atoms with Gasteiger partial charge in [-0.2, -0.15) is 11.8 Å². The number of hydrogen-bond acceptors (Lipinski definition) is 5. The molecule has 5 nitrogen and oxygen atoms in total. The number of nitro groups is 1. The molecule has 1 saturated heterocycles. The lowest BCUT2D eigenvalue weighted by Crippen LogP contribution is -2.40. The third-order valence-corrected chi connectivity index (χ3v) is 4.45. The summed E-state index contributed by atoms with van der Waals surface area (Å²) < 4.78 is 0. The Balaban J connectivity index is 2.40. The first-order valence-corrected chi connectivity index (χ1v) is 7.30. The predicted molar refractivity (Wildman–Crippen MR) is 77.2 cm³/mol. The molecule has 1 aliphatic heterocycles. The van der Waals surface area contributed by atoms with Crippen molar-refractivity contribution in [3.63, 3.8) is 0 Å². The molecule has 0 amide bonds. The van der Waals surface area contributed by atoms with Crippen LogP contribution >= 0.6 is 11.8 Å². The fourth-order valence-corrected chi connectivity index (χ4v) is 3.27. The van der Waals surface area contributed by atoms with E-state index in [9.17, 15) is 14.9 Å². The number of ketones is 1. The zero-order valence-electron chi connectivity index (χ0n) is 11.0. The van der Waals surface area contributed by atoms with Crippen LogP contribution in [0.4, 0.5) is 11.4 Å². The van der Waals surface area contributed by atoms with Gasteiger partial charge in [-0.15, -0.1) is 0 Å². The molecular formula is C13H16N2O3S. The van der Waals surface area contributed by atoms with Crippen molar-refractivity contribution in [1.29, 1.82) is 0 Å². The molecule has 1 aromatic rings. The summed E-state index contributed by atoms with van der Waals surface area (Å²) in [5, 5.41) is 11.1. The van der Waals surface area contributed by atoms with E-state index >= 15 is 0 Å². The lowest BCUT2D eigenvalue weighted by molar-refractivity contribution is -0.385. The Hall–Kier alpha value is -1.56. The highest BCUT2D eigenvalue weighted by Gasteiger charge is 2.23. The Labute approximate surface area is 116 Å². The Kier molecular flexibility index (Phi) is 4.09. The number of carbonyl (C=O) groups excluding carboxylic acids is 1. The maximum Gasteiger partial charge on any atom is 0.282 e. The quantitative estimate of drug-likeness (QED) is 0.484. The molecule has 102 valence electrons. The zero-order valence-corrected chi connectivity index (χ0v) is 11.8. The Bertz CT molecular complexity index is 519.